The molecule has 6 heteroatoms. The highest BCUT2D eigenvalue weighted by atomic mass is 35.7. The monoisotopic (exact) mass is 248 g/mol. The van der Waals surface area contributed by atoms with Crippen LogP contribution < -0.4 is 0 Å². The molecule has 0 unspecified atom stereocenters. The molecular weight excluding hydrogens is 240 g/mol. The van der Waals surface area contributed by atoms with Gasteiger partial charge in [-0.05, 0) is 24.6 Å². The Labute approximate surface area is 92.2 Å². The molecule has 0 radical (unpaired) electrons. The minimum atomic E-state index is -3.82. The van der Waals surface area contributed by atoms with Crippen LogP contribution in [0, 0.1) is 6.92 Å². The van der Waals surface area contributed by atoms with Gasteiger partial charge in [0.05, 0.1) is 17.6 Å². The highest BCUT2D eigenvalue weighted by molar-refractivity contribution is 8.13. The first-order valence-corrected chi connectivity index (χ1v) is 6.31. The SMILES string of the molecule is COC(=O)c1cc(S(=O)(=O)Cl)ccc1C. The normalized spacial score (nSPS) is 11.1. The Hall–Kier alpha value is -1.07. The van der Waals surface area contributed by atoms with Gasteiger partial charge in [0, 0.05) is 10.7 Å². The number of carbonyl (C=O) groups excluding carboxylic acids is 1. The van der Waals surface area contributed by atoms with Gasteiger partial charge in [-0.1, -0.05) is 6.07 Å². The Morgan fingerprint density at radius 1 is 1.40 bits per heavy atom. The number of halogens is 1. The maximum absolute atomic E-state index is 11.3. The average molecular weight is 249 g/mol. The third-order valence-corrected chi connectivity index (χ3v) is 3.25. The average Bonchev–Trinajstić information content (AvgIpc) is 2.15. The molecule has 0 aliphatic rings. The fourth-order valence-corrected chi connectivity index (χ4v) is 1.86. The Morgan fingerprint density at radius 2 is 2.00 bits per heavy atom. The fourth-order valence-electron chi connectivity index (χ4n) is 1.08. The van der Waals surface area contributed by atoms with E-state index in [0.717, 1.165) is 0 Å². The topological polar surface area (TPSA) is 60.4 Å². The molecule has 1 rings (SSSR count). The summed E-state index contributed by atoms with van der Waals surface area (Å²) in [5.41, 5.74) is 0.824. The number of aryl methyl sites for hydroxylation is 1. The minimum Gasteiger partial charge on any atom is -0.465 e. The third-order valence-electron chi connectivity index (χ3n) is 1.90. The van der Waals surface area contributed by atoms with Crippen molar-refractivity contribution in [2.24, 2.45) is 0 Å². The predicted molar refractivity (Wildman–Crippen MR) is 55.6 cm³/mol. The largest absolute Gasteiger partial charge is 0.465 e. The van der Waals surface area contributed by atoms with Crippen LogP contribution in [-0.4, -0.2) is 21.5 Å². The number of hydrogen-bond donors (Lipinski definition) is 0. The zero-order chi connectivity index (χ0) is 11.6. The number of esters is 1. The first kappa shape index (κ1) is 12.0. The predicted octanol–water partition coefficient (Wildman–Crippen LogP) is 1.71. The number of rotatable bonds is 2. The Morgan fingerprint density at radius 3 is 2.47 bits per heavy atom. The molecule has 0 saturated heterocycles. The van der Waals surface area contributed by atoms with Gasteiger partial charge >= 0.3 is 5.97 Å². The summed E-state index contributed by atoms with van der Waals surface area (Å²) < 4.78 is 26.5. The summed E-state index contributed by atoms with van der Waals surface area (Å²) in [5.74, 6) is -0.588. The van der Waals surface area contributed by atoms with Crippen molar-refractivity contribution in [3.8, 4) is 0 Å². The van der Waals surface area contributed by atoms with Gasteiger partial charge in [0.2, 0.25) is 0 Å². The zero-order valence-electron chi connectivity index (χ0n) is 8.15. The van der Waals surface area contributed by atoms with E-state index in [9.17, 15) is 13.2 Å². The second-order valence-corrected chi connectivity index (χ2v) is 5.47. The van der Waals surface area contributed by atoms with E-state index in [-0.39, 0.29) is 10.5 Å². The summed E-state index contributed by atoms with van der Waals surface area (Å²) in [5, 5.41) is 0. The molecule has 0 aliphatic heterocycles. The van der Waals surface area contributed by atoms with Crippen molar-refractivity contribution in [2.45, 2.75) is 11.8 Å². The van der Waals surface area contributed by atoms with E-state index in [4.69, 9.17) is 10.7 Å². The molecule has 0 heterocycles. The molecule has 4 nitrogen and oxygen atoms in total. The van der Waals surface area contributed by atoms with E-state index in [1.807, 2.05) is 0 Å². The summed E-state index contributed by atoms with van der Waals surface area (Å²) in [6.07, 6.45) is 0. The summed E-state index contributed by atoms with van der Waals surface area (Å²) >= 11 is 0. The van der Waals surface area contributed by atoms with Crippen LogP contribution in [0.15, 0.2) is 23.1 Å². The van der Waals surface area contributed by atoms with Crippen LogP contribution in [0.3, 0.4) is 0 Å². The molecular formula is C9H9ClO4S. The fraction of sp³-hybridized carbons (Fsp3) is 0.222. The summed E-state index contributed by atoms with van der Waals surface area (Å²) in [7, 11) is 2.56. The number of ether oxygens (including phenoxy) is 1. The van der Waals surface area contributed by atoms with Crippen molar-refractivity contribution >= 4 is 25.7 Å². The van der Waals surface area contributed by atoms with Crippen molar-refractivity contribution in [1.82, 2.24) is 0 Å². The molecule has 0 aromatic heterocycles. The molecule has 0 spiro atoms. The lowest BCUT2D eigenvalue weighted by molar-refractivity contribution is 0.0599. The van der Waals surface area contributed by atoms with Crippen molar-refractivity contribution < 1.29 is 17.9 Å². The lowest BCUT2D eigenvalue weighted by atomic mass is 10.1. The lowest BCUT2D eigenvalue weighted by Crippen LogP contribution is -2.05. The molecule has 1 aromatic carbocycles. The quantitative estimate of drug-likeness (QED) is 0.591. The molecule has 0 atom stereocenters. The first-order valence-electron chi connectivity index (χ1n) is 4.00. The second-order valence-electron chi connectivity index (χ2n) is 2.91. The second kappa shape index (κ2) is 4.20. The highest BCUT2D eigenvalue weighted by Gasteiger charge is 2.15. The van der Waals surface area contributed by atoms with Gasteiger partial charge in [0.25, 0.3) is 9.05 Å². The summed E-state index contributed by atoms with van der Waals surface area (Å²) in [6.45, 7) is 1.68. The maximum atomic E-state index is 11.3. The lowest BCUT2D eigenvalue weighted by Gasteiger charge is -2.04. The van der Waals surface area contributed by atoms with Gasteiger partial charge in [-0.15, -0.1) is 0 Å². The van der Waals surface area contributed by atoms with Crippen molar-refractivity contribution in [3.63, 3.8) is 0 Å². The van der Waals surface area contributed by atoms with Crippen molar-refractivity contribution in [3.05, 3.63) is 29.3 Å². The van der Waals surface area contributed by atoms with Gasteiger partial charge in [-0.25, -0.2) is 13.2 Å². The van der Waals surface area contributed by atoms with Crippen molar-refractivity contribution in [1.29, 1.82) is 0 Å². The third kappa shape index (κ3) is 2.70. The van der Waals surface area contributed by atoms with Crippen molar-refractivity contribution in [2.75, 3.05) is 7.11 Å². The molecule has 0 N–H and O–H groups in total. The van der Waals surface area contributed by atoms with Crippen LogP contribution in [0.4, 0.5) is 0 Å². The van der Waals surface area contributed by atoms with Crippen LogP contribution in [0.1, 0.15) is 15.9 Å². The smallest absolute Gasteiger partial charge is 0.338 e. The van der Waals surface area contributed by atoms with Gasteiger partial charge in [0.15, 0.2) is 0 Å². The van der Waals surface area contributed by atoms with Gasteiger partial charge < -0.3 is 4.74 Å². The molecule has 0 saturated carbocycles. The summed E-state index contributed by atoms with van der Waals surface area (Å²) in [4.78, 5) is 11.1. The first-order chi connectivity index (χ1) is 6.86. The molecule has 0 fully saturated rings. The highest BCUT2D eigenvalue weighted by Crippen LogP contribution is 2.19. The Kier molecular flexibility index (Phi) is 3.36. The number of methoxy groups -OCH3 is 1. The van der Waals surface area contributed by atoms with Crippen LogP contribution in [0.2, 0.25) is 0 Å². The van der Waals surface area contributed by atoms with Crippen LogP contribution in [0.25, 0.3) is 0 Å². The van der Waals surface area contributed by atoms with Gasteiger partial charge in [-0.2, -0.15) is 0 Å². The van der Waals surface area contributed by atoms with E-state index in [1.165, 1.54) is 25.3 Å². The van der Waals surface area contributed by atoms with E-state index < -0.39 is 15.0 Å². The molecule has 0 aliphatic carbocycles. The molecule has 0 amide bonds. The van der Waals surface area contributed by atoms with E-state index >= 15 is 0 Å². The molecule has 1 aromatic rings. The summed E-state index contributed by atoms with van der Waals surface area (Å²) in [6, 6.07) is 4.04. The van der Waals surface area contributed by atoms with E-state index in [2.05, 4.69) is 4.74 Å². The molecule has 15 heavy (non-hydrogen) atoms. The molecule has 82 valence electrons. The molecule has 0 bridgehead atoms. The number of hydrogen-bond acceptors (Lipinski definition) is 4. The Balaban J connectivity index is 3.36. The maximum Gasteiger partial charge on any atom is 0.338 e. The number of benzene rings is 1. The van der Waals surface area contributed by atoms with Gasteiger partial charge in [0.1, 0.15) is 0 Å². The van der Waals surface area contributed by atoms with Crippen LogP contribution in [-0.2, 0) is 13.8 Å². The van der Waals surface area contributed by atoms with E-state index in [0.29, 0.717) is 5.56 Å². The zero-order valence-corrected chi connectivity index (χ0v) is 9.72. The Bertz CT molecular complexity index is 493. The standard InChI is InChI=1S/C9H9ClO4S/c1-6-3-4-7(15(10,12)13)5-8(6)9(11)14-2/h3-5H,1-2H3. The van der Waals surface area contributed by atoms with Crippen LogP contribution in [0.5, 0.6) is 0 Å². The van der Waals surface area contributed by atoms with Gasteiger partial charge in [-0.3, -0.25) is 0 Å². The number of carbonyl (C=O) groups is 1. The minimum absolute atomic E-state index is 0.116. The van der Waals surface area contributed by atoms with Crippen LogP contribution >= 0.6 is 10.7 Å². The van der Waals surface area contributed by atoms with E-state index in [1.54, 1.807) is 6.92 Å².